The Morgan fingerprint density at radius 2 is 2.10 bits per heavy atom. The van der Waals surface area contributed by atoms with Crippen LogP contribution in [0.5, 0.6) is 0 Å². The molecule has 0 amide bonds. The highest BCUT2D eigenvalue weighted by atomic mass is 32.1. The van der Waals surface area contributed by atoms with Crippen LogP contribution in [0, 0.1) is 20.8 Å². The highest BCUT2D eigenvalue weighted by molar-refractivity contribution is 7.09. The van der Waals surface area contributed by atoms with Gasteiger partial charge in [0.25, 0.3) is 5.56 Å². The van der Waals surface area contributed by atoms with Crippen LogP contribution >= 0.6 is 11.3 Å². The molecule has 0 saturated carbocycles. The van der Waals surface area contributed by atoms with E-state index in [1.807, 2.05) is 20.8 Å². The number of H-pyrrole nitrogens is 1. The molecule has 0 radical (unpaired) electrons. The molecule has 5 nitrogen and oxygen atoms in total. The van der Waals surface area contributed by atoms with Crippen molar-refractivity contribution in [2.24, 2.45) is 0 Å². The molecule has 0 fully saturated rings. The number of aryl methyl sites for hydroxylation is 3. The van der Waals surface area contributed by atoms with Crippen LogP contribution in [0.2, 0.25) is 0 Å². The van der Waals surface area contributed by atoms with Crippen LogP contribution < -0.4 is 10.9 Å². The third-order valence-electron chi connectivity index (χ3n) is 3.15. The third-order valence-corrected chi connectivity index (χ3v) is 4.18. The van der Waals surface area contributed by atoms with Gasteiger partial charge in [-0.1, -0.05) is 0 Å². The third kappa shape index (κ3) is 3.52. The summed E-state index contributed by atoms with van der Waals surface area (Å²) in [7, 11) is 0. The zero-order valence-corrected chi connectivity index (χ0v) is 13.1. The van der Waals surface area contributed by atoms with Gasteiger partial charge in [-0.15, -0.1) is 11.3 Å². The van der Waals surface area contributed by atoms with Gasteiger partial charge in [-0.05, 0) is 27.7 Å². The molecule has 0 aliphatic heterocycles. The molecular formula is C14H20N4OS. The van der Waals surface area contributed by atoms with E-state index < -0.39 is 0 Å². The second-order valence-electron chi connectivity index (χ2n) is 4.96. The number of nitrogens with one attached hydrogen (secondary N) is 2. The summed E-state index contributed by atoms with van der Waals surface area (Å²) in [5.74, 6) is 0.654. The van der Waals surface area contributed by atoms with Crippen molar-refractivity contribution in [2.75, 3.05) is 6.54 Å². The minimum absolute atomic E-state index is 0.0205. The summed E-state index contributed by atoms with van der Waals surface area (Å²) in [6, 6.07) is -0.0205. The van der Waals surface area contributed by atoms with Crippen molar-refractivity contribution in [1.29, 1.82) is 0 Å². The second-order valence-corrected chi connectivity index (χ2v) is 5.90. The van der Waals surface area contributed by atoms with Crippen molar-refractivity contribution in [2.45, 2.75) is 40.2 Å². The van der Waals surface area contributed by atoms with E-state index in [1.165, 1.54) is 0 Å². The summed E-state index contributed by atoms with van der Waals surface area (Å²) >= 11 is 1.67. The number of hydrogen-bond donors (Lipinski definition) is 2. The maximum absolute atomic E-state index is 12.0. The lowest BCUT2D eigenvalue weighted by Gasteiger charge is -2.15. The van der Waals surface area contributed by atoms with Crippen LogP contribution in [0.25, 0.3) is 0 Å². The predicted molar refractivity (Wildman–Crippen MR) is 81.3 cm³/mol. The summed E-state index contributed by atoms with van der Waals surface area (Å²) < 4.78 is 0. The lowest BCUT2D eigenvalue weighted by Crippen LogP contribution is -2.29. The van der Waals surface area contributed by atoms with Gasteiger partial charge < -0.3 is 10.3 Å². The van der Waals surface area contributed by atoms with Crippen molar-refractivity contribution in [3.05, 3.63) is 43.5 Å². The monoisotopic (exact) mass is 292 g/mol. The molecule has 1 unspecified atom stereocenters. The van der Waals surface area contributed by atoms with Crippen LogP contribution in [-0.2, 0) is 6.42 Å². The van der Waals surface area contributed by atoms with E-state index in [2.05, 4.69) is 25.6 Å². The quantitative estimate of drug-likeness (QED) is 0.885. The molecule has 2 aromatic rings. The van der Waals surface area contributed by atoms with Gasteiger partial charge in [0.05, 0.1) is 10.6 Å². The normalized spacial score (nSPS) is 12.6. The number of hydrogen-bond acceptors (Lipinski definition) is 5. The van der Waals surface area contributed by atoms with E-state index in [4.69, 9.17) is 0 Å². The Labute approximate surface area is 122 Å². The maximum Gasteiger partial charge on any atom is 0.255 e. The lowest BCUT2D eigenvalue weighted by atomic mass is 10.1. The average molecular weight is 292 g/mol. The number of aromatic amines is 1. The molecule has 2 aromatic heterocycles. The van der Waals surface area contributed by atoms with E-state index in [0.29, 0.717) is 11.4 Å². The fraction of sp³-hybridized carbons (Fsp3) is 0.500. The van der Waals surface area contributed by atoms with Crippen LogP contribution in [0.3, 0.4) is 0 Å². The standard InChI is InChI=1S/C14H20N4OS/c1-8-7-20-12(16-8)5-6-15-9(2)13-10(3)17-11(4)18-14(13)19/h7,9,15H,5-6H2,1-4H3,(H,17,18,19). The molecule has 108 valence electrons. The van der Waals surface area contributed by atoms with Crippen LogP contribution in [0.15, 0.2) is 10.2 Å². The molecule has 6 heteroatoms. The van der Waals surface area contributed by atoms with E-state index in [-0.39, 0.29) is 11.6 Å². The number of thiazole rings is 1. The van der Waals surface area contributed by atoms with E-state index in [9.17, 15) is 4.79 Å². The highest BCUT2D eigenvalue weighted by Gasteiger charge is 2.14. The van der Waals surface area contributed by atoms with Gasteiger partial charge in [-0.2, -0.15) is 0 Å². The first-order chi connectivity index (χ1) is 9.47. The van der Waals surface area contributed by atoms with Gasteiger partial charge in [0.1, 0.15) is 5.82 Å². The first kappa shape index (κ1) is 14.9. The van der Waals surface area contributed by atoms with Gasteiger partial charge >= 0.3 is 0 Å². The SMILES string of the molecule is Cc1csc(CCNC(C)c2c(C)nc(C)[nH]c2=O)n1. The Morgan fingerprint density at radius 1 is 1.35 bits per heavy atom. The van der Waals surface area contributed by atoms with Crippen molar-refractivity contribution in [3.63, 3.8) is 0 Å². The van der Waals surface area contributed by atoms with E-state index >= 15 is 0 Å². The minimum atomic E-state index is -0.0555. The molecule has 0 aromatic carbocycles. The summed E-state index contributed by atoms with van der Waals surface area (Å²) in [5, 5.41) is 6.54. The maximum atomic E-state index is 12.0. The number of aromatic nitrogens is 3. The fourth-order valence-electron chi connectivity index (χ4n) is 2.26. The van der Waals surface area contributed by atoms with Crippen molar-refractivity contribution in [1.82, 2.24) is 20.3 Å². The van der Waals surface area contributed by atoms with Crippen LogP contribution in [-0.4, -0.2) is 21.5 Å². The topological polar surface area (TPSA) is 70.7 Å². The lowest BCUT2D eigenvalue weighted by molar-refractivity contribution is 0.564. The first-order valence-corrected chi connectivity index (χ1v) is 7.57. The van der Waals surface area contributed by atoms with Gasteiger partial charge in [0.15, 0.2) is 0 Å². The Bertz CT molecular complexity index is 647. The Morgan fingerprint density at radius 3 is 2.70 bits per heavy atom. The minimum Gasteiger partial charge on any atom is -0.310 e. The molecule has 20 heavy (non-hydrogen) atoms. The number of rotatable bonds is 5. The van der Waals surface area contributed by atoms with Gasteiger partial charge in [0, 0.05) is 35.8 Å². The van der Waals surface area contributed by atoms with Crippen LogP contribution in [0.4, 0.5) is 0 Å². The Balaban J connectivity index is 1.98. The first-order valence-electron chi connectivity index (χ1n) is 6.69. The number of nitrogens with zero attached hydrogens (tertiary/aromatic N) is 2. The zero-order chi connectivity index (χ0) is 14.7. The molecule has 0 saturated heterocycles. The molecular weight excluding hydrogens is 272 g/mol. The zero-order valence-electron chi connectivity index (χ0n) is 12.3. The molecule has 2 rings (SSSR count). The van der Waals surface area contributed by atoms with Crippen molar-refractivity contribution >= 4 is 11.3 Å². The van der Waals surface area contributed by atoms with E-state index in [0.717, 1.165) is 29.4 Å². The van der Waals surface area contributed by atoms with Crippen molar-refractivity contribution in [3.8, 4) is 0 Å². The largest absolute Gasteiger partial charge is 0.310 e. The Kier molecular flexibility index (Phi) is 4.67. The molecule has 0 bridgehead atoms. The summed E-state index contributed by atoms with van der Waals surface area (Å²) in [4.78, 5) is 23.5. The predicted octanol–water partition coefficient (Wildman–Crippen LogP) is 2.04. The molecule has 2 heterocycles. The highest BCUT2D eigenvalue weighted by Crippen LogP contribution is 2.12. The molecule has 0 spiro atoms. The van der Waals surface area contributed by atoms with Gasteiger partial charge in [-0.25, -0.2) is 9.97 Å². The van der Waals surface area contributed by atoms with Crippen molar-refractivity contribution < 1.29 is 0 Å². The average Bonchev–Trinajstić information content (AvgIpc) is 2.73. The summed E-state index contributed by atoms with van der Waals surface area (Å²) in [5.41, 5.74) is 2.51. The molecule has 0 aliphatic carbocycles. The van der Waals surface area contributed by atoms with Crippen LogP contribution in [0.1, 0.15) is 40.7 Å². The van der Waals surface area contributed by atoms with Gasteiger partial charge in [-0.3, -0.25) is 4.79 Å². The molecule has 1 atom stereocenters. The van der Waals surface area contributed by atoms with E-state index in [1.54, 1.807) is 18.3 Å². The molecule has 0 aliphatic rings. The smallest absolute Gasteiger partial charge is 0.255 e. The van der Waals surface area contributed by atoms with Gasteiger partial charge in [0.2, 0.25) is 0 Å². The summed E-state index contributed by atoms with van der Waals surface area (Å²) in [6.07, 6.45) is 0.874. The fourth-order valence-corrected chi connectivity index (χ4v) is 3.04. The molecule has 2 N–H and O–H groups in total. The second kappa shape index (κ2) is 6.28. The summed E-state index contributed by atoms with van der Waals surface area (Å²) in [6.45, 7) is 8.44. The Hall–Kier alpha value is -1.53.